The maximum atomic E-state index is 12.8. The van der Waals surface area contributed by atoms with Crippen LogP contribution in [-0.4, -0.2) is 12.5 Å². The highest BCUT2D eigenvalue weighted by molar-refractivity contribution is 6.31. The first-order valence-electron chi connectivity index (χ1n) is 7.05. The third-order valence-corrected chi connectivity index (χ3v) is 3.69. The van der Waals surface area contributed by atoms with E-state index < -0.39 is 0 Å². The quantitative estimate of drug-likeness (QED) is 0.856. The lowest BCUT2D eigenvalue weighted by molar-refractivity contribution is -0.120. The summed E-state index contributed by atoms with van der Waals surface area (Å²) in [7, 11) is 0. The molecule has 2 N–H and O–H groups in total. The van der Waals surface area contributed by atoms with E-state index in [-0.39, 0.29) is 24.3 Å². The van der Waals surface area contributed by atoms with Gasteiger partial charge in [0.05, 0.1) is 6.54 Å². The van der Waals surface area contributed by atoms with Crippen LogP contribution in [0.1, 0.15) is 24.1 Å². The lowest BCUT2D eigenvalue weighted by Crippen LogP contribution is -2.34. The molecule has 0 radical (unpaired) electrons. The molecule has 0 bridgehead atoms. The summed E-state index contributed by atoms with van der Waals surface area (Å²) in [5, 5.41) is 6.59. The number of nitrogens with one attached hydrogen (secondary N) is 2. The second-order valence-corrected chi connectivity index (χ2v) is 5.43. The standard InChI is InChI=1S/C17H18ClFN2O/c1-12(15-4-2-3-5-16(15)18)20-11-17(22)21-10-13-6-8-14(19)9-7-13/h2-9,12,20H,10-11H2,1H3,(H,21,22)/t12-/m1/s1. The molecule has 2 aromatic carbocycles. The summed E-state index contributed by atoms with van der Waals surface area (Å²) >= 11 is 6.12. The number of halogens is 2. The maximum absolute atomic E-state index is 12.8. The minimum atomic E-state index is -0.287. The number of carbonyl (C=O) groups excluding carboxylic acids is 1. The van der Waals surface area contributed by atoms with Gasteiger partial charge in [-0.15, -0.1) is 0 Å². The van der Waals surface area contributed by atoms with Crippen molar-refractivity contribution in [3.63, 3.8) is 0 Å². The Bertz CT molecular complexity index is 631. The van der Waals surface area contributed by atoms with Gasteiger partial charge in [0.1, 0.15) is 5.82 Å². The molecule has 1 atom stereocenters. The number of amides is 1. The first-order valence-corrected chi connectivity index (χ1v) is 7.43. The molecule has 0 aliphatic carbocycles. The third-order valence-electron chi connectivity index (χ3n) is 3.34. The van der Waals surface area contributed by atoms with Gasteiger partial charge >= 0.3 is 0 Å². The monoisotopic (exact) mass is 320 g/mol. The van der Waals surface area contributed by atoms with E-state index in [1.807, 2.05) is 31.2 Å². The molecule has 0 aliphatic rings. The van der Waals surface area contributed by atoms with Gasteiger partial charge in [0, 0.05) is 17.6 Å². The Labute approximate surface area is 134 Å². The topological polar surface area (TPSA) is 41.1 Å². The van der Waals surface area contributed by atoms with Crippen molar-refractivity contribution in [1.82, 2.24) is 10.6 Å². The lowest BCUT2D eigenvalue weighted by atomic mass is 10.1. The SMILES string of the molecule is C[C@@H](NCC(=O)NCc1ccc(F)cc1)c1ccccc1Cl. The Balaban J connectivity index is 1.78. The molecule has 0 aliphatic heterocycles. The highest BCUT2D eigenvalue weighted by atomic mass is 35.5. The van der Waals surface area contributed by atoms with Crippen LogP contribution in [0, 0.1) is 5.82 Å². The minimum absolute atomic E-state index is 0.0229. The van der Waals surface area contributed by atoms with Gasteiger partial charge in [-0.3, -0.25) is 4.79 Å². The average molecular weight is 321 g/mol. The fourth-order valence-electron chi connectivity index (χ4n) is 2.05. The Morgan fingerprint density at radius 3 is 2.55 bits per heavy atom. The van der Waals surface area contributed by atoms with E-state index in [0.29, 0.717) is 11.6 Å². The highest BCUT2D eigenvalue weighted by Gasteiger charge is 2.10. The molecule has 0 unspecified atom stereocenters. The molecule has 0 fully saturated rings. The Kier molecular flexibility index (Phi) is 5.92. The zero-order valence-corrected chi connectivity index (χ0v) is 13.0. The van der Waals surface area contributed by atoms with Gasteiger partial charge in [-0.25, -0.2) is 4.39 Å². The average Bonchev–Trinajstić information content (AvgIpc) is 2.52. The van der Waals surface area contributed by atoms with Crippen LogP contribution in [-0.2, 0) is 11.3 Å². The summed E-state index contributed by atoms with van der Waals surface area (Å²) < 4.78 is 12.8. The first kappa shape index (κ1) is 16.5. The molecular weight excluding hydrogens is 303 g/mol. The van der Waals surface area contributed by atoms with Crippen LogP contribution in [0.15, 0.2) is 48.5 Å². The Hall–Kier alpha value is -1.91. The molecule has 0 heterocycles. The molecular formula is C17H18ClFN2O. The van der Waals surface area contributed by atoms with Crippen LogP contribution in [0.4, 0.5) is 4.39 Å². The van der Waals surface area contributed by atoms with Crippen molar-refractivity contribution >= 4 is 17.5 Å². The van der Waals surface area contributed by atoms with E-state index in [2.05, 4.69) is 10.6 Å². The molecule has 5 heteroatoms. The zero-order chi connectivity index (χ0) is 15.9. The third kappa shape index (κ3) is 4.83. The van der Waals surface area contributed by atoms with Crippen LogP contribution in [0.25, 0.3) is 0 Å². The Morgan fingerprint density at radius 1 is 1.18 bits per heavy atom. The minimum Gasteiger partial charge on any atom is -0.351 e. The maximum Gasteiger partial charge on any atom is 0.234 e. The van der Waals surface area contributed by atoms with E-state index in [1.54, 1.807) is 12.1 Å². The van der Waals surface area contributed by atoms with Gasteiger partial charge in [0.2, 0.25) is 5.91 Å². The molecule has 3 nitrogen and oxygen atoms in total. The summed E-state index contributed by atoms with van der Waals surface area (Å²) in [6.45, 7) is 2.52. The lowest BCUT2D eigenvalue weighted by Gasteiger charge is -2.15. The molecule has 2 aromatic rings. The smallest absolute Gasteiger partial charge is 0.234 e. The second kappa shape index (κ2) is 7.92. The van der Waals surface area contributed by atoms with Crippen molar-refractivity contribution in [3.8, 4) is 0 Å². The van der Waals surface area contributed by atoms with Crippen LogP contribution < -0.4 is 10.6 Å². The normalized spacial score (nSPS) is 12.0. The van der Waals surface area contributed by atoms with E-state index >= 15 is 0 Å². The predicted octanol–water partition coefficient (Wildman–Crippen LogP) is 3.45. The van der Waals surface area contributed by atoms with E-state index in [4.69, 9.17) is 11.6 Å². The number of hydrogen-bond donors (Lipinski definition) is 2. The van der Waals surface area contributed by atoms with Gasteiger partial charge in [0.15, 0.2) is 0 Å². The summed E-state index contributed by atoms with van der Waals surface area (Å²) in [6.07, 6.45) is 0. The van der Waals surface area contributed by atoms with Crippen LogP contribution in [0.3, 0.4) is 0 Å². The van der Waals surface area contributed by atoms with E-state index in [0.717, 1.165) is 11.1 Å². The van der Waals surface area contributed by atoms with Crippen LogP contribution >= 0.6 is 11.6 Å². The molecule has 1 amide bonds. The molecule has 0 spiro atoms. The summed E-state index contributed by atoms with van der Waals surface area (Å²) in [5.41, 5.74) is 1.81. The predicted molar refractivity (Wildman–Crippen MR) is 86.1 cm³/mol. The van der Waals surface area contributed by atoms with Crippen molar-refractivity contribution in [1.29, 1.82) is 0 Å². The summed E-state index contributed by atoms with van der Waals surface area (Å²) in [4.78, 5) is 11.8. The van der Waals surface area contributed by atoms with Crippen molar-refractivity contribution in [2.75, 3.05) is 6.54 Å². The molecule has 22 heavy (non-hydrogen) atoms. The number of hydrogen-bond acceptors (Lipinski definition) is 2. The highest BCUT2D eigenvalue weighted by Crippen LogP contribution is 2.21. The number of carbonyl (C=O) groups is 1. The van der Waals surface area contributed by atoms with E-state index in [1.165, 1.54) is 12.1 Å². The van der Waals surface area contributed by atoms with Gasteiger partial charge in [-0.1, -0.05) is 41.9 Å². The second-order valence-electron chi connectivity index (χ2n) is 5.03. The molecule has 116 valence electrons. The number of rotatable bonds is 6. The largest absolute Gasteiger partial charge is 0.351 e. The van der Waals surface area contributed by atoms with Crippen molar-refractivity contribution in [3.05, 3.63) is 70.5 Å². The molecule has 0 saturated carbocycles. The fraction of sp³-hybridized carbons (Fsp3) is 0.235. The van der Waals surface area contributed by atoms with E-state index in [9.17, 15) is 9.18 Å². The van der Waals surface area contributed by atoms with Gasteiger partial charge in [-0.05, 0) is 36.2 Å². The van der Waals surface area contributed by atoms with Crippen LogP contribution in [0.5, 0.6) is 0 Å². The van der Waals surface area contributed by atoms with Crippen LogP contribution in [0.2, 0.25) is 5.02 Å². The summed E-state index contributed by atoms with van der Waals surface area (Å²) in [6, 6.07) is 13.6. The van der Waals surface area contributed by atoms with Crippen molar-refractivity contribution < 1.29 is 9.18 Å². The molecule has 0 aromatic heterocycles. The van der Waals surface area contributed by atoms with Crippen molar-refractivity contribution in [2.24, 2.45) is 0 Å². The van der Waals surface area contributed by atoms with Gasteiger partial charge in [-0.2, -0.15) is 0 Å². The first-order chi connectivity index (χ1) is 10.6. The summed E-state index contributed by atoms with van der Waals surface area (Å²) in [5.74, 6) is -0.409. The number of benzene rings is 2. The van der Waals surface area contributed by atoms with Gasteiger partial charge in [0.25, 0.3) is 0 Å². The molecule has 0 saturated heterocycles. The Morgan fingerprint density at radius 2 is 1.86 bits per heavy atom. The molecule has 2 rings (SSSR count). The zero-order valence-electron chi connectivity index (χ0n) is 12.3. The van der Waals surface area contributed by atoms with Gasteiger partial charge < -0.3 is 10.6 Å². The van der Waals surface area contributed by atoms with Crippen molar-refractivity contribution in [2.45, 2.75) is 19.5 Å². The fourth-order valence-corrected chi connectivity index (χ4v) is 2.35.